The van der Waals surface area contributed by atoms with Crippen LogP contribution in [0.2, 0.25) is 0 Å². The minimum Gasteiger partial charge on any atom is -0.326 e. The van der Waals surface area contributed by atoms with E-state index in [1.165, 1.54) is 16.9 Å². The largest absolute Gasteiger partial charge is 0.326 e. The number of carbonyl (C=O) groups excluding carboxylic acids is 1. The summed E-state index contributed by atoms with van der Waals surface area (Å²) in [6.07, 6.45) is 2.07. The standard InChI is InChI=1S/C19H19N3OS/c1-12-7-8-15(13(2)10-12)22-18(23)11-17-14(3)21-19(24-17)16-6-4-5-9-20-16/h4-10H,11H2,1-3H3,(H,22,23). The Balaban J connectivity index is 1.74. The number of thiazole rings is 1. The summed E-state index contributed by atoms with van der Waals surface area (Å²) in [4.78, 5) is 22.2. The molecule has 2 heterocycles. The predicted molar refractivity (Wildman–Crippen MR) is 98.3 cm³/mol. The molecule has 0 aliphatic heterocycles. The fourth-order valence-electron chi connectivity index (χ4n) is 2.48. The summed E-state index contributed by atoms with van der Waals surface area (Å²) in [5.41, 5.74) is 4.84. The van der Waals surface area contributed by atoms with E-state index < -0.39 is 0 Å². The van der Waals surface area contributed by atoms with E-state index in [-0.39, 0.29) is 5.91 Å². The van der Waals surface area contributed by atoms with Crippen LogP contribution in [0.25, 0.3) is 10.7 Å². The first-order valence-corrected chi connectivity index (χ1v) is 8.59. The molecule has 1 N–H and O–H groups in total. The number of anilines is 1. The molecule has 0 saturated carbocycles. The van der Waals surface area contributed by atoms with Crippen LogP contribution in [0, 0.1) is 20.8 Å². The van der Waals surface area contributed by atoms with E-state index >= 15 is 0 Å². The van der Waals surface area contributed by atoms with Gasteiger partial charge in [-0.05, 0) is 44.5 Å². The summed E-state index contributed by atoms with van der Waals surface area (Å²) in [6.45, 7) is 5.97. The summed E-state index contributed by atoms with van der Waals surface area (Å²) < 4.78 is 0. The van der Waals surface area contributed by atoms with Crippen LogP contribution in [0.5, 0.6) is 0 Å². The molecule has 0 bridgehead atoms. The van der Waals surface area contributed by atoms with Crippen molar-refractivity contribution in [2.24, 2.45) is 0 Å². The number of aryl methyl sites for hydroxylation is 3. The van der Waals surface area contributed by atoms with Crippen LogP contribution >= 0.6 is 11.3 Å². The molecule has 0 fully saturated rings. The molecule has 0 spiro atoms. The van der Waals surface area contributed by atoms with Crippen molar-refractivity contribution in [2.75, 3.05) is 5.32 Å². The zero-order valence-electron chi connectivity index (χ0n) is 14.0. The Hall–Kier alpha value is -2.53. The molecule has 3 aromatic rings. The lowest BCUT2D eigenvalue weighted by Crippen LogP contribution is -2.15. The number of carbonyl (C=O) groups is 1. The van der Waals surface area contributed by atoms with Gasteiger partial charge in [0.2, 0.25) is 5.91 Å². The van der Waals surface area contributed by atoms with Gasteiger partial charge in [-0.3, -0.25) is 9.78 Å². The Morgan fingerprint density at radius 1 is 1.17 bits per heavy atom. The maximum atomic E-state index is 12.4. The van der Waals surface area contributed by atoms with E-state index in [0.29, 0.717) is 6.42 Å². The first kappa shape index (κ1) is 16.3. The van der Waals surface area contributed by atoms with Gasteiger partial charge < -0.3 is 5.32 Å². The minimum absolute atomic E-state index is 0.0266. The van der Waals surface area contributed by atoms with Crippen molar-refractivity contribution in [2.45, 2.75) is 27.2 Å². The maximum absolute atomic E-state index is 12.4. The second-order valence-corrected chi connectivity index (χ2v) is 6.87. The van der Waals surface area contributed by atoms with Crippen LogP contribution in [0.3, 0.4) is 0 Å². The third-order valence-electron chi connectivity index (χ3n) is 3.75. The molecule has 122 valence electrons. The summed E-state index contributed by atoms with van der Waals surface area (Å²) in [5, 5.41) is 3.84. The number of hydrogen-bond acceptors (Lipinski definition) is 4. The fourth-order valence-corrected chi connectivity index (χ4v) is 3.52. The van der Waals surface area contributed by atoms with Crippen LogP contribution in [0.15, 0.2) is 42.6 Å². The van der Waals surface area contributed by atoms with Crippen molar-refractivity contribution in [3.63, 3.8) is 0 Å². The molecule has 0 radical (unpaired) electrons. The highest BCUT2D eigenvalue weighted by molar-refractivity contribution is 7.15. The number of hydrogen-bond donors (Lipinski definition) is 1. The summed E-state index contributed by atoms with van der Waals surface area (Å²) in [5.74, 6) is -0.0266. The van der Waals surface area contributed by atoms with Gasteiger partial charge >= 0.3 is 0 Å². The summed E-state index contributed by atoms with van der Waals surface area (Å²) in [6, 6.07) is 11.7. The minimum atomic E-state index is -0.0266. The van der Waals surface area contributed by atoms with E-state index in [1.54, 1.807) is 6.20 Å². The molecule has 1 amide bonds. The van der Waals surface area contributed by atoms with Crippen molar-refractivity contribution in [1.29, 1.82) is 0 Å². The predicted octanol–water partition coefficient (Wildman–Crippen LogP) is 4.31. The Morgan fingerprint density at radius 3 is 2.71 bits per heavy atom. The molecule has 0 atom stereocenters. The third-order valence-corrected chi connectivity index (χ3v) is 4.93. The highest BCUT2D eigenvalue weighted by atomic mass is 32.1. The maximum Gasteiger partial charge on any atom is 0.229 e. The highest BCUT2D eigenvalue weighted by Gasteiger charge is 2.14. The van der Waals surface area contributed by atoms with Gasteiger partial charge in [0.25, 0.3) is 0 Å². The van der Waals surface area contributed by atoms with E-state index in [1.807, 2.05) is 51.1 Å². The Labute approximate surface area is 145 Å². The molecule has 24 heavy (non-hydrogen) atoms. The van der Waals surface area contributed by atoms with Crippen molar-refractivity contribution in [3.8, 4) is 10.7 Å². The molecule has 1 aromatic carbocycles. The molecule has 0 unspecified atom stereocenters. The van der Waals surface area contributed by atoms with Crippen molar-refractivity contribution >= 4 is 22.9 Å². The summed E-state index contributed by atoms with van der Waals surface area (Å²) in [7, 11) is 0. The topological polar surface area (TPSA) is 54.9 Å². The Morgan fingerprint density at radius 2 is 2.00 bits per heavy atom. The molecule has 5 heteroatoms. The number of pyridine rings is 1. The number of amides is 1. The lowest BCUT2D eigenvalue weighted by Gasteiger charge is -2.08. The van der Waals surface area contributed by atoms with Crippen LogP contribution in [0.1, 0.15) is 21.7 Å². The van der Waals surface area contributed by atoms with Crippen LogP contribution < -0.4 is 5.32 Å². The van der Waals surface area contributed by atoms with Gasteiger partial charge in [0.05, 0.1) is 17.8 Å². The number of aromatic nitrogens is 2. The van der Waals surface area contributed by atoms with Gasteiger partial charge in [-0.25, -0.2) is 4.98 Å². The molecule has 2 aromatic heterocycles. The molecule has 0 aliphatic carbocycles. The van der Waals surface area contributed by atoms with E-state index in [2.05, 4.69) is 21.4 Å². The van der Waals surface area contributed by atoms with Crippen molar-refractivity contribution in [1.82, 2.24) is 9.97 Å². The molecule has 0 aliphatic rings. The van der Waals surface area contributed by atoms with Crippen molar-refractivity contribution in [3.05, 3.63) is 64.3 Å². The number of benzene rings is 1. The van der Waals surface area contributed by atoms with Gasteiger partial charge in [0.1, 0.15) is 5.01 Å². The average Bonchev–Trinajstić information content (AvgIpc) is 2.92. The third kappa shape index (κ3) is 3.68. The lowest BCUT2D eigenvalue weighted by molar-refractivity contribution is -0.115. The second-order valence-electron chi connectivity index (χ2n) is 5.79. The molecule has 0 saturated heterocycles. The highest BCUT2D eigenvalue weighted by Crippen LogP contribution is 2.27. The molecule has 3 rings (SSSR count). The Bertz CT molecular complexity index is 872. The number of nitrogens with zero attached hydrogens (tertiary/aromatic N) is 2. The number of nitrogens with one attached hydrogen (secondary N) is 1. The zero-order chi connectivity index (χ0) is 17.1. The van der Waals surface area contributed by atoms with Gasteiger partial charge in [0.15, 0.2) is 0 Å². The van der Waals surface area contributed by atoms with Gasteiger partial charge in [-0.1, -0.05) is 23.8 Å². The molecule has 4 nitrogen and oxygen atoms in total. The first-order valence-electron chi connectivity index (χ1n) is 7.78. The summed E-state index contributed by atoms with van der Waals surface area (Å²) >= 11 is 1.52. The Kier molecular flexibility index (Phi) is 4.71. The molecular weight excluding hydrogens is 318 g/mol. The quantitative estimate of drug-likeness (QED) is 0.772. The lowest BCUT2D eigenvalue weighted by atomic mass is 10.1. The monoisotopic (exact) mass is 337 g/mol. The van der Waals surface area contributed by atoms with Crippen LogP contribution in [-0.2, 0) is 11.2 Å². The SMILES string of the molecule is Cc1ccc(NC(=O)Cc2sc(-c3ccccn3)nc2C)c(C)c1. The average molecular weight is 337 g/mol. The van der Waals surface area contributed by atoms with E-state index in [9.17, 15) is 4.79 Å². The van der Waals surface area contributed by atoms with E-state index in [4.69, 9.17) is 0 Å². The van der Waals surface area contributed by atoms with Crippen LogP contribution in [0.4, 0.5) is 5.69 Å². The van der Waals surface area contributed by atoms with Gasteiger partial charge in [0, 0.05) is 16.8 Å². The van der Waals surface area contributed by atoms with Gasteiger partial charge in [-0.2, -0.15) is 0 Å². The second kappa shape index (κ2) is 6.93. The van der Waals surface area contributed by atoms with Crippen LogP contribution in [-0.4, -0.2) is 15.9 Å². The van der Waals surface area contributed by atoms with E-state index in [0.717, 1.165) is 32.5 Å². The zero-order valence-corrected chi connectivity index (χ0v) is 14.8. The number of rotatable bonds is 4. The van der Waals surface area contributed by atoms with Crippen molar-refractivity contribution < 1.29 is 4.79 Å². The first-order chi connectivity index (χ1) is 11.5. The molecular formula is C19H19N3OS. The fraction of sp³-hybridized carbons (Fsp3) is 0.211. The normalized spacial score (nSPS) is 10.6. The van der Waals surface area contributed by atoms with Gasteiger partial charge in [-0.15, -0.1) is 11.3 Å². The smallest absolute Gasteiger partial charge is 0.229 e.